The molecule has 5 N–H and O–H groups in total. The monoisotopic (exact) mass is 781 g/mol. The van der Waals surface area contributed by atoms with Gasteiger partial charge < -0.3 is 30.1 Å². The first kappa shape index (κ1) is 37.4. The number of fused-ring (bicyclic) bond motifs is 5. The Labute approximate surface area is 338 Å². The van der Waals surface area contributed by atoms with E-state index in [-0.39, 0.29) is 29.6 Å². The van der Waals surface area contributed by atoms with Crippen LogP contribution < -0.4 is 21.4 Å². The number of nitrogens with one attached hydrogen (secondary N) is 2. The Kier molecular flexibility index (Phi) is 10.1. The molecular formula is C44H51N11O3. The molecule has 0 saturated carbocycles. The van der Waals surface area contributed by atoms with Crippen molar-refractivity contribution < 1.29 is 14.7 Å². The fourth-order valence-electron chi connectivity index (χ4n) is 9.39. The first-order chi connectivity index (χ1) is 28.2. The van der Waals surface area contributed by atoms with Gasteiger partial charge in [0.1, 0.15) is 23.3 Å². The summed E-state index contributed by atoms with van der Waals surface area (Å²) in [6, 6.07) is 18.0. The Morgan fingerprint density at radius 3 is 2.38 bits per heavy atom. The SMILES string of the molecule is CN(CCCc1cnc(N2C3CC[C@@H]2CN(C2=C(N)NN(C)C(c4ccccc4O)=C2)C3)nc1)CCCc1ccc2c(c1)c1cccnc1n2C1CCC(=O)NC1=O. The maximum Gasteiger partial charge on any atom is 0.249 e. The second kappa shape index (κ2) is 15.7. The molecule has 4 aliphatic heterocycles. The lowest BCUT2D eigenvalue weighted by atomic mass is 10.0. The van der Waals surface area contributed by atoms with Gasteiger partial charge in [0.25, 0.3) is 0 Å². The van der Waals surface area contributed by atoms with Crippen LogP contribution in [0.5, 0.6) is 5.75 Å². The van der Waals surface area contributed by atoms with Gasteiger partial charge >= 0.3 is 0 Å². The van der Waals surface area contributed by atoms with Gasteiger partial charge in [-0.15, -0.1) is 0 Å². The average Bonchev–Trinajstić information content (AvgIpc) is 3.68. The van der Waals surface area contributed by atoms with Crippen LogP contribution in [0.25, 0.3) is 27.6 Å². The number of rotatable bonds is 12. The summed E-state index contributed by atoms with van der Waals surface area (Å²) in [6.07, 6.45) is 14.7. The van der Waals surface area contributed by atoms with Gasteiger partial charge in [0.05, 0.1) is 16.9 Å². The number of hydrogen-bond acceptors (Lipinski definition) is 12. The molecule has 4 aliphatic rings. The first-order valence-electron chi connectivity index (χ1n) is 20.5. The predicted octanol–water partition coefficient (Wildman–Crippen LogP) is 4.43. The number of phenolic OH excluding ortho intramolecular Hbond substituents is 1. The van der Waals surface area contributed by atoms with Gasteiger partial charge in [-0.2, -0.15) is 0 Å². The quantitative estimate of drug-likeness (QED) is 0.132. The predicted molar refractivity (Wildman–Crippen MR) is 224 cm³/mol. The van der Waals surface area contributed by atoms with Crippen molar-refractivity contribution in [3.05, 3.63) is 107 Å². The number of carbonyl (C=O) groups excluding carboxylic acids is 2. The van der Waals surface area contributed by atoms with E-state index < -0.39 is 6.04 Å². The lowest BCUT2D eigenvalue weighted by Gasteiger charge is -2.44. The van der Waals surface area contributed by atoms with E-state index in [9.17, 15) is 14.7 Å². The molecule has 2 amide bonds. The number of likely N-dealkylation sites (tertiary alicyclic amines) is 1. The number of amides is 2. The topological polar surface area (TPSA) is 161 Å². The molecule has 5 aromatic rings. The number of para-hydroxylation sites is 1. The number of benzene rings is 2. The van der Waals surface area contributed by atoms with Crippen molar-refractivity contribution in [3.8, 4) is 5.75 Å². The smallest absolute Gasteiger partial charge is 0.249 e. The zero-order valence-electron chi connectivity index (χ0n) is 33.1. The van der Waals surface area contributed by atoms with E-state index in [0.29, 0.717) is 18.7 Å². The number of nitrogens with zero attached hydrogens (tertiary/aromatic N) is 8. The second-order valence-electron chi connectivity index (χ2n) is 16.2. The van der Waals surface area contributed by atoms with Crippen LogP contribution >= 0.6 is 0 Å². The highest BCUT2D eigenvalue weighted by Gasteiger charge is 2.42. The Balaban J connectivity index is 0.765. The average molecular weight is 782 g/mol. The van der Waals surface area contributed by atoms with E-state index in [1.54, 1.807) is 12.3 Å². The van der Waals surface area contributed by atoms with Crippen molar-refractivity contribution in [2.24, 2.45) is 5.73 Å². The van der Waals surface area contributed by atoms with Crippen LogP contribution in [0.4, 0.5) is 5.95 Å². The number of pyridine rings is 1. The maximum absolute atomic E-state index is 12.8. The molecule has 9 rings (SSSR count). The third kappa shape index (κ3) is 7.17. The second-order valence-corrected chi connectivity index (χ2v) is 16.2. The van der Waals surface area contributed by atoms with Gasteiger partial charge in [-0.1, -0.05) is 18.2 Å². The minimum atomic E-state index is -0.453. The number of aromatic hydroxyl groups is 1. The summed E-state index contributed by atoms with van der Waals surface area (Å²) in [6.45, 7) is 3.62. The molecule has 300 valence electrons. The number of aryl methyl sites for hydroxylation is 2. The van der Waals surface area contributed by atoms with Gasteiger partial charge in [-0.05, 0) is 119 Å². The highest BCUT2D eigenvalue weighted by molar-refractivity contribution is 6.09. The summed E-state index contributed by atoms with van der Waals surface area (Å²) in [5.74, 6) is 1.16. The lowest BCUT2D eigenvalue weighted by Crippen LogP contribution is -2.55. The molecule has 0 aliphatic carbocycles. The minimum Gasteiger partial charge on any atom is -0.507 e. The number of carbonyl (C=O) groups is 2. The summed E-state index contributed by atoms with van der Waals surface area (Å²) >= 11 is 0. The number of aromatic nitrogens is 4. The van der Waals surface area contributed by atoms with Crippen LogP contribution in [0.1, 0.15) is 61.3 Å². The third-order valence-corrected chi connectivity index (χ3v) is 12.3. The third-order valence-electron chi connectivity index (χ3n) is 12.3. The molecule has 0 spiro atoms. The minimum absolute atomic E-state index is 0.217. The van der Waals surface area contributed by atoms with Crippen molar-refractivity contribution in [1.29, 1.82) is 0 Å². The van der Waals surface area contributed by atoms with Crippen LogP contribution in [-0.4, -0.2) is 104 Å². The molecule has 14 heteroatoms. The van der Waals surface area contributed by atoms with Crippen molar-refractivity contribution in [3.63, 3.8) is 0 Å². The molecule has 3 fully saturated rings. The number of phenols is 1. The van der Waals surface area contributed by atoms with Crippen LogP contribution in [0.15, 0.2) is 90.8 Å². The molecule has 2 unspecified atom stereocenters. The molecule has 3 saturated heterocycles. The standard InChI is InChI=1S/C44H51N11O3/c1-51(20-6-8-28-13-16-35-34(22-28)32-11-5-19-46-42(32)55(35)36-17-18-40(57)49-43(36)58)21-7-9-29-24-47-44(48-25-29)54-30-14-15-31(54)27-53(26-30)38-23-37(52(2)50-41(38)45)33-10-3-4-12-39(33)56/h3-5,10-13,16,19,22-25,30-31,36,50,56H,6-9,14-15,17-18,20-21,26-27,45H2,1-2H3,(H,49,57,58)/t30-,31?,36?/m1/s1. The van der Waals surface area contributed by atoms with E-state index in [1.807, 2.05) is 53.3 Å². The van der Waals surface area contributed by atoms with E-state index >= 15 is 0 Å². The van der Waals surface area contributed by atoms with Crippen molar-refractivity contribution in [2.45, 2.75) is 69.5 Å². The molecule has 0 radical (unpaired) electrons. The molecule has 7 heterocycles. The number of piperidine rings is 1. The van der Waals surface area contributed by atoms with E-state index in [4.69, 9.17) is 15.7 Å². The molecule has 3 atom stereocenters. The molecule has 2 aromatic carbocycles. The Morgan fingerprint density at radius 2 is 1.64 bits per heavy atom. The number of anilines is 1. The molecule has 58 heavy (non-hydrogen) atoms. The molecular weight excluding hydrogens is 731 g/mol. The van der Waals surface area contributed by atoms with Crippen LogP contribution in [0.2, 0.25) is 0 Å². The first-order valence-corrected chi connectivity index (χ1v) is 20.5. The number of allylic oxidation sites excluding steroid dienone is 1. The fourth-order valence-corrected chi connectivity index (χ4v) is 9.39. The van der Waals surface area contributed by atoms with Gasteiger partial charge in [-0.25, -0.2) is 15.0 Å². The number of imide groups is 1. The summed E-state index contributed by atoms with van der Waals surface area (Å²) in [7, 11) is 4.09. The van der Waals surface area contributed by atoms with Crippen molar-refractivity contribution in [1.82, 2.24) is 45.1 Å². The van der Waals surface area contributed by atoms with Crippen LogP contribution in [-0.2, 0) is 22.4 Å². The largest absolute Gasteiger partial charge is 0.507 e. The zero-order chi connectivity index (χ0) is 39.9. The zero-order valence-corrected chi connectivity index (χ0v) is 33.1. The Hall–Kier alpha value is -6.15. The normalized spacial score (nSPS) is 21.0. The molecule has 14 nitrogen and oxygen atoms in total. The Morgan fingerprint density at radius 1 is 0.897 bits per heavy atom. The van der Waals surface area contributed by atoms with Gasteiger partial charge in [0.15, 0.2) is 0 Å². The van der Waals surface area contributed by atoms with Gasteiger partial charge in [-0.3, -0.25) is 25.3 Å². The number of hydrogen-bond donors (Lipinski definition) is 4. The van der Waals surface area contributed by atoms with E-state index in [1.165, 1.54) is 5.56 Å². The number of hydrazine groups is 1. The van der Waals surface area contributed by atoms with Gasteiger partial charge in [0.2, 0.25) is 17.8 Å². The van der Waals surface area contributed by atoms with Gasteiger partial charge in [0, 0.05) is 73.6 Å². The number of piperazine rings is 1. The summed E-state index contributed by atoms with van der Waals surface area (Å²) in [5.41, 5.74) is 16.5. The lowest BCUT2D eigenvalue weighted by molar-refractivity contribution is -0.135. The fraction of sp³-hybridized carbons (Fsp3) is 0.386. The highest BCUT2D eigenvalue weighted by Crippen LogP contribution is 2.38. The highest BCUT2D eigenvalue weighted by atomic mass is 16.3. The summed E-state index contributed by atoms with van der Waals surface area (Å²) in [4.78, 5) is 46.2. The van der Waals surface area contributed by atoms with E-state index in [2.05, 4.69) is 67.8 Å². The summed E-state index contributed by atoms with van der Waals surface area (Å²) < 4.78 is 2.01. The van der Waals surface area contributed by atoms with Crippen LogP contribution in [0.3, 0.4) is 0 Å². The molecule has 3 aromatic heterocycles. The number of nitrogens with two attached hydrogens (primary N) is 1. The van der Waals surface area contributed by atoms with E-state index in [0.717, 1.165) is 115 Å². The Bertz CT molecular complexity index is 2410. The molecule has 2 bridgehead atoms. The van der Waals surface area contributed by atoms with Crippen LogP contribution in [0, 0.1) is 0 Å². The van der Waals surface area contributed by atoms with Crippen molar-refractivity contribution in [2.75, 3.05) is 45.2 Å². The maximum atomic E-state index is 12.8. The summed E-state index contributed by atoms with van der Waals surface area (Å²) in [5, 5.41) is 17.0. The van der Waals surface area contributed by atoms with Crippen molar-refractivity contribution >= 4 is 45.4 Å².